The number of amides is 1. The second-order valence-electron chi connectivity index (χ2n) is 7.00. The van der Waals surface area contributed by atoms with E-state index in [0.717, 1.165) is 11.3 Å². The Hall–Kier alpha value is -3.20. The molecule has 170 valence electrons. The zero-order valence-electron chi connectivity index (χ0n) is 17.3. The van der Waals surface area contributed by atoms with E-state index in [1.165, 1.54) is 18.2 Å². The molecular weight excluding hydrogens is 449 g/mol. The van der Waals surface area contributed by atoms with Gasteiger partial charge in [-0.15, -0.1) is 0 Å². The first-order valence-corrected chi connectivity index (χ1v) is 9.91. The number of rotatable bonds is 8. The normalized spacial score (nSPS) is 11.3. The molecule has 0 atom stereocenters. The molecule has 0 saturated heterocycles. The zero-order chi connectivity index (χ0) is 23.3. The van der Waals surface area contributed by atoms with E-state index in [9.17, 15) is 18.0 Å². The SMILES string of the molecule is Cc1noc(C)c1COc1ccc(CC(=O)Nc2cc(Cl)ccc2OCC(F)(F)F)cc1. The molecule has 1 amide bonds. The number of alkyl halides is 3. The molecule has 2 aromatic carbocycles. The maximum Gasteiger partial charge on any atom is 0.422 e. The summed E-state index contributed by atoms with van der Waals surface area (Å²) in [7, 11) is 0. The highest BCUT2D eigenvalue weighted by atomic mass is 35.5. The standard InChI is InChI=1S/C22H20ClF3N2O4/c1-13-18(14(2)32-28-13)11-30-17-6-3-15(4-7-17)9-21(29)27-19-10-16(23)5-8-20(19)31-12-22(24,25)26/h3-8,10H,9,11-12H2,1-2H3,(H,27,29). The van der Waals surface area contributed by atoms with Crippen LogP contribution >= 0.6 is 11.6 Å². The number of hydrogen-bond acceptors (Lipinski definition) is 5. The van der Waals surface area contributed by atoms with E-state index in [1.54, 1.807) is 31.2 Å². The van der Waals surface area contributed by atoms with E-state index in [0.29, 0.717) is 23.7 Å². The lowest BCUT2D eigenvalue weighted by molar-refractivity contribution is -0.153. The van der Waals surface area contributed by atoms with Crippen molar-refractivity contribution in [3.63, 3.8) is 0 Å². The molecule has 0 fully saturated rings. The summed E-state index contributed by atoms with van der Waals surface area (Å²) < 4.78 is 53.0. The highest BCUT2D eigenvalue weighted by Crippen LogP contribution is 2.30. The van der Waals surface area contributed by atoms with E-state index in [2.05, 4.69) is 10.5 Å². The number of carbonyl (C=O) groups is 1. The van der Waals surface area contributed by atoms with Crippen molar-refractivity contribution in [2.75, 3.05) is 11.9 Å². The molecule has 0 aliphatic heterocycles. The lowest BCUT2D eigenvalue weighted by Gasteiger charge is -2.14. The molecule has 1 aromatic heterocycles. The number of aromatic nitrogens is 1. The molecule has 1 N–H and O–H groups in total. The predicted molar refractivity (Wildman–Crippen MR) is 112 cm³/mol. The zero-order valence-corrected chi connectivity index (χ0v) is 18.0. The van der Waals surface area contributed by atoms with Gasteiger partial charge in [-0.25, -0.2) is 0 Å². The summed E-state index contributed by atoms with van der Waals surface area (Å²) in [5.74, 6) is 0.735. The van der Waals surface area contributed by atoms with Gasteiger partial charge < -0.3 is 19.3 Å². The van der Waals surface area contributed by atoms with E-state index in [4.69, 9.17) is 25.6 Å². The summed E-state index contributed by atoms with van der Waals surface area (Å²) in [6, 6.07) is 10.9. The van der Waals surface area contributed by atoms with Crippen LogP contribution < -0.4 is 14.8 Å². The molecule has 0 bridgehead atoms. The molecule has 6 nitrogen and oxygen atoms in total. The van der Waals surface area contributed by atoms with Crippen molar-refractivity contribution in [2.24, 2.45) is 0 Å². The maximum absolute atomic E-state index is 12.5. The summed E-state index contributed by atoms with van der Waals surface area (Å²) in [6.45, 7) is 2.46. The van der Waals surface area contributed by atoms with Gasteiger partial charge >= 0.3 is 6.18 Å². The quantitative estimate of drug-likeness (QED) is 0.462. The van der Waals surface area contributed by atoms with Crippen LogP contribution in [0, 0.1) is 13.8 Å². The van der Waals surface area contributed by atoms with Crippen molar-refractivity contribution in [3.05, 3.63) is 70.1 Å². The third-order valence-electron chi connectivity index (χ3n) is 4.46. The predicted octanol–water partition coefficient (Wildman–Crippen LogP) is 5.65. The molecule has 3 aromatic rings. The van der Waals surface area contributed by atoms with E-state index in [-0.39, 0.29) is 22.9 Å². The van der Waals surface area contributed by atoms with Gasteiger partial charge in [0.15, 0.2) is 6.61 Å². The summed E-state index contributed by atoms with van der Waals surface area (Å²) in [5, 5.41) is 6.66. The Balaban J connectivity index is 1.59. The Morgan fingerprint density at radius 1 is 1.12 bits per heavy atom. The van der Waals surface area contributed by atoms with Gasteiger partial charge in [-0.3, -0.25) is 4.79 Å². The van der Waals surface area contributed by atoms with Crippen LogP contribution in [-0.4, -0.2) is 23.8 Å². The first-order valence-electron chi connectivity index (χ1n) is 9.53. The van der Waals surface area contributed by atoms with Crippen LogP contribution in [0.1, 0.15) is 22.6 Å². The first-order chi connectivity index (χ1) is 15.1. The van der Waals surface area contributed by atoms with E-state index in [1.807, 2.05) is 6.92 Å². The topological polar surface area (TPSA) is 73.6 Å². The largest absolute Gasteiger partial charge is 0.489 e. The first kappa shape index (κ1) is 23.5. The van der Waals surface area contributed by atoms with Crippen molar-refractivity contribution in [3.8, 4) is 11.5 Å². The molecular formula is C22H20ClF3N2O4. The number of carbonyl (C=O) groups excluding carboxylic acids is 1. The minimum atomic E-state index is -4.50. The smallest absolute Gasteiger partial charge is 0.422 e. The molecule has 0 radical (unpaired) electrons. The number of halogens is 4. The van der Waals surface area contributed by atoms with Gasteiger partial charge in [0, 0.05) is 5.02 Å². The monoisotopic (exact) mass is 468 g/mol. The van der Waals surface area contributed by atoms with Crippen LogP contribution in [0.2, 0.25) is 5.02 Å². The lowest BCUT2D eigenvalue weighted by atomic mass is 10.1. The minimum absolute atomic E-state index is 0.00459. The highest BCUT2D eigenvalue weighted by molar-refractivity contribution is 6.31. The summed E-state index contributed by atoms with van der Waals surface area (Å²) >= 11 is 5.90. The van der Waals surface area contributed by atoms with Crippen molar-refractivity contribution >= 4 is 23.2 Å². The van der Waals surface area contributed by atoms with E-state index < -0.39 is 18.7 Å². The van der Waals surface area contributed by atoms with Gasteiger partial charge in [0.2, 0.25) is 5.91 Å². The maximum atomic E-state index is 12.5. The van der Waals surface area contributed by atoms with Gasteiger partial charge in [0.1, 0.15) is 23.9 Å². The minimum Gasteiger partial charge on any atom is -0.489 e. The van der Waals surface area contributed by atoms with Gasteiger partial charge in [0.05, 0.1) is 23.4 Å². The van der Waals surface area contributed by atoms with Crippen molar-refractivity contribution < 1.29 is 32.0 Å². The van der Waals surface area contributed by atoms with Crippen LogP contribution in [0.15, 0.2) is 47.0 Å². The molecule has 10 heteroatoms. The van der Waals surface area contributed by atoms with Crippen LogP contribution in [0.25, 0.3) is 0 Å². The number of anilines is 1. The van der Waals surface area contributed by atoms with Crippen molar-refractivity contribution in [2.45, 2.75) is 33.1 Å². The molecule has 0 spiro atoms. The Labute approximate surface area is 187 Å². The third-order valence-corrected chi connectivity index (χ3v) is 4.69. The number of benzene rings is 2. The van der Waals surface area contributed by atoms with Crippen molar-refractivity contribution in [1.82, 2.24) is 5.16 Å². The second-order valence-corrected chi connectivity index (χ2v) is 7.44. The Morgan fingerprint density at radius 2 is 1.84 bits per heavy atom. The fourth-order valence-corrected chi connectivity index (χ4v) is 3.00. The second kappa shape index (κ2) is 9.95. The van der Waals surface area contributed by atoms with Crippen LogP contribution in [0.4, 0.5) is 18.9 Å². The van der Waals surface area contributed by atoms with Gasteiger partial charge in [0.25, 0.3) is 0 Å². The lowest BCUT2D eigenvalue weighted by Crippen LogP contribution is -2.20. The molecule has 0 aliphatic rings. The fraction of sp³-hybridized carbons (Fsp3) is 0.273. The summed E-state index contributed by atoms with van der Waals surface area (Å²) in [4.78, 5) is 12.4. The third kappa shape index (κ3) is 6.65. The van der Waals surface area contributed by atoms with Crippen LogP contribution in [0.5, 0.6) is 11.5 Å². The molecule has 1 heterocycles. The molecule has 32 heavy (non-hydrogen) atoms. The van der Waals surface area contributed by atoms with Crippen LogP contribution in [0.3, 0.4) is 0 Å². The fourth-order valence-electron chi connectivity index (χ4n) is 2.83. The molecule has 0 aliphatic carbocycles. The number of hydrogen-bond donors (Lipinski definition) is 1. The Kier molecular flexibility index (Phi) is 7.29. The summed E-state index contributed by atoms with van der Waals surface area (Å²) in [5.41, 5.74) is 2.38. The number of nitrogens with one attached hydrogen (secondary N) is 1. The molecule has 0 unspecified atom stereocenters. The number of nitrogens with zero attached hydrogens (tertiary/aromatic N) is 1. The Bertz CT molecular complexity index is 1060. The van der Waals surface area contributed by atoms with Crippen LogP contribution in [-0.2, 0) is 17.8 Å². The average molecular weight is 469 g/mol. The molecule has 3 rings (SSSR count). The van der Waals surface area contributed by atoms with Gasteiger partial charge in [-0.05, 0) is 49.7 Å². The Morgan fingerprint density at radius 3 is 2.47 bits per heavy atom. The van der Waals surface area contributed by atoms with E-state index >= 15 is 0 Å². The van der Waals surface area contributed by atoms with Gasteiger partial charge in [-0.1, -0.05) is 28.9 Å². The van der Waals surface area contributed by atoms with Crippen molar-refractivity contribution in [1.29, 1.82) is 0 Å². The average Bonchev–Trinajstić information content (AvgIpc) is 3.03. The number of aryl methyl sites for hydroxylation is 2. The summed E-state index contributed by atoms with van der Waals surface area (Å²) in [6.07, 6.45) is -4.51. The van der Waals surface area contributed by atoms with Gasteiger partial charge in [-0.2, -0.15) is 13.2 Å². The highest BCUT2D eigenvalue weighted by Gasteiger charge is 2.29. The molecule has 0 saturated carbocycles. The number of ether oxygens (including phenoxy) is 2.